The van der Waals surface area contributed by atoms with Crippen molar-refractivity contribution in [2.24, 2.45) is 0 Å². The number of nitrogens with zero attached hydrogens (tertiary/aromatic N) is 2. The predicted octanol–water partition coefficient (Wildman–Crippen LogP) is 2.47. The number of aliphatic hydroxyl groups is 1. The first-order valence-corrected chi connectivity index (χ1v) is 5.46. The van der Waals surface area contributed by atoms with Crippen LogP contribution in [0.4, 0.5) is 0 Å². The van der Waals surface area contributed by atoms with Crippen molar-refractivity contribution in [1.29, 1.82) is 0 Å². The summed E-state index contributed by atoms with van der Waals surface area (Å²) in [6.07, 6.45) is 8.05. The van der Waals surface area contributed by atoms with Crippen LogP contribution in [0.3, 0.4) is 0 Å². The smallest absolute Gasteiger partial charge is 0.0901 e. The fourth-order valence-corrected chi connectivity index (χ4v) is 1.52. The minimum absolute atomic E-state index is 0.689. The molecule has 3 heteroatoms. The number of hydrogen-bond donors (Lipinski definition) is 1. The highest BCUT2D eigenvalue weighted by Gasteiger charge is 2.23. The number of hydrogen-bond acceptors (Lipinski definition) is 2. The van der Waals surface area contributed by atoms with E-state index in [0.717, 1.165) is 24.9 Å². The van der Waals surface area contributed by atoms with Gasteiger partial charge in [0.2, 0.25) is 0 Å². The molecule has 84 valence electrons. The second-order valence-electron chi connectivity index (χ2n) is 4.09. The van der Waals surface area contributed by atoms with Crippen molar-refractivity contribution in [2.75, 3.05) is 0 Å². The zero-order valence-corrected chi connectivity index (χ0v) is 9.61. The van der Waals surface area contributed by atoms with E-state index in [1.54, 1.807) is 6.20 Å². The normalized spacial score (nSPS) is 14.9. The van der Waals surface area contributed by atoms with E-state index in [2.05, 4.69) is 18.6 Å². The molecule has 0 spiro atoms. The van der Waals surface area contributed by atoms with E-state index in [4.69, 9.17) is 0 Å². The van der Waals surface area contributed by atoms with Crippen molar-refractivity contribution in [2.45, 2.75) is 45.3 Å². The molecule has 0 saturated carbocycles. The summed E-state index contributed by atoms with van der Waals surface area (Å²) in [7, 11) is 0. The van der Waals surface area contributed by atoms with Gasteiger partial charge in [0.25, 0.3) is 0 Å². The molecular weight excluding hydrogens is 188 g/mol. The van der Waals surface area contributed by atoms with Crippen LogP contribution in [0, 0.1) is 0 Å². The van der Waals surface area contributed by atoms with Gasteiger partial charge >= 0.3 is 0 Å². The van der Waals surface area contributed by atoms with Crippen LogP contribution in [0.25, 0.3) is 0 Å². The first kappa shape index (κ1) is 12.0. The van der Waals surface area contributed by atoms with E-state index in [-0.39, 0.29) is 0 Å². The third-order valence-electron chi connectivity index (χ3n) is 2.54. The second kappa shape index (κ2) is 5.12. The van der Waals surface area contributed by atoms with E-state index < -0.39 is 5.60 Å². The number of rotatable bonds is 6. The highest BCUT2D eigenvalue weighted by Crippen LogP contribution is 2.25. The SMILES string of the molecule is C=CCCC(C)(O)c1cnn(CCC)c1. The highest BCUT2D eigenvalue weighted by molar-refractivity contribution is 5.14. The molecule has 1 aromatic rings. The van der Waals surface area contributed by atoms with Crippen LogP contribution in [0.15, 0.2) is 25.0 Å². The van der Waals surface area contributed by atoms with Gasteiger partial charge < -0.3 is 5.11 Å². The molecule has 0 bridgehead atoms. The second-order valence-corrected chi connectivity index (χ2v) is 4.09. The predicted molar refractivity (Wildman–Crippen MR) is 61.5 cm³/mol. The van der Waals surface area contributed by atoms with Gasteiger partial charge in [-0.15, -0.1) is 6.58 Å². The van der Waals surface area contributed by atoms with Crippen LogP contribution in [0.5, 0.6) is 0 Å². The summed E-state index contributed by atoms with van der Waals surface area (Å²) < 4.78 is 1.87. The third kappa shape index (κ3) is 3.20. The van der Waals surface area contributed by atoms with E-state index in [0.29, 0.717) is 6.42 Å². The Bertz CT molecular complexity index is 315. The summed E-state index contributed by atoms with van der Waals surface area (Å²) in [4.78, 5) is 0. The van der Waals surface area contributed by atoms with E-state index in [9.17, 15) is 5.11 Å². The maximum absolute atomic E-state index is 10.2. The summed E-state index contributed by atoms with van der Waals surface area (Å²) >= 11 is 0. The van der Waals surface area contributed by atoms with Gasteiger partial charge in [-0.1, -0.05) is 13.0 Å². The molecule has 0 aliphatic rings. The molecule has 1 N–H and O–H groups in total. The van der Waals surface area contributed by atoms with Crippen LogP contribution in [0.2, 0.25) is 0 Å². The van der Waals surface area contributed by atoms with Gasteiger partial charge in [-0.05, 0) is 26.2 Å². The molecule has 0 amide bonds. The van der Waals surface area contributed by atoms with Gasteiger partial charge in [0, 0.05) is 18.3 Å². The summed E-state index contributed by atoms with van der Waals surface area (Å²) in [5, 5.41) is 14.4. The molecule has 1 aromatic heterocycles. The van der Waals surface area contributed by atoms with Gasteiger partial charge in [0.05, 0.1) is 11.8 Å². The van der Waals surface area contributed by atoms with Crippen LogP contribution in [-0.4, -0.2) is 14.9 Å². The van der Waals surface area contributed by atoms with Gasteiger partial charge in [-0.2, -0.15) is 5.10 Å². The van der Waals surface area contributed by atoms with Crippen LogP contribution >= 0.6 is 0 Å². The minimum Gasteiger partial charge on any atom is -0.385 e. The molecule has 0 saturated heterocycles. The van der Waals surface area contributed by atoms with Gasteiger partial charge in [0.1, 0.15) is 0 Å². The van der Waals surface area contributed by atoms with Gasteiger partial charge in [-0.3, -0.25) is 4.68 Å². The van der Waals surface area contributed by atoms with Gasteiger partial charge in [0.15, 0.2) is 0 Å². The fraction of sp³-hybridized carbons (Fsp3) is 0.583. The molecule has 3 nitrogen and oxygen atoms in total. The van der Waals surface area contributed by atoms with Crippen molar-refractivity contribution in [1.82, 2.24) is 9.78 Å². The lowest BCUT2D eigenvalue weighted by atomic mass is 9.94. The molecule has 1 heterocycles. The molecule has 0 fully saturated rings. The summed E-state index contributed by atoms with van der Waals surface area (Å²) in [6, 6.07) is 0. The molecule has 1 rings (SSSR count). The van der Waals surface area contributed by atoms with Crippen molar-refractivity contribution >= 4 is 0 Å². The average molecular weight is 208 g/mol. The molecule has 0 radical (unpaired) electrons. The molecule has 1 atom stereocenters. The number of aryl methyl sites for hydroxylation is 1. The average Bonchev–Trinajstić information content (AvgIpc) is 2.65. The summed E-state index contributed by atoms with van der Waals surface area (Å²) in [5.41, 5.74) is 0.0954. The maximum atomic E-state index is 10.2. The van der Waals surface area contributed by atoms with Crippen LogP contribution in [0.1, 0.15) is 38.7 Å². The zero-order chi connectivity index (χ0) is 11.3. The summed E-state index contributed by atoms with van der Waals surface area (Å²) in [6.45, 7) is 8.49. The monoisotopic (exact) mass is 208 g/mol. The maximum Gasteiger partial charge on any atom is 0.0901 e. The minimum atomic E-state index is -0.791. The lowest BCUT2D eigenvalue weighted by molar-refractivity contribution is 0.0487. The van der Waals surface area contributed by atoms with Crippen molar-refractivity contribution in [3.63, 3.8) is 0 Å². The van der Waals surface area contributed by atoms with Crippen molar-refractivity contribution in [3.8, 4) is 0 Å². The molecule has 0 aromatic carbocycles. The van der Waals surface area contributed by atoms with E-state index >= 15 is 0 Å². The molecule has 0 aliphatic carbocycles. The van der Waals surface area contributed by atoms with Crippen molar-refractivity contribution in [3.05, 3.63) is 30.6 Å². The highest BCUT2D eigenvalue weighted by atomic mass is 16.3. The fourth-order valence-electron chi connectivity index (χ4n) is 1.52. The Hall–Kier alpha value is -1.09. The van der Waals surface area contributed by atoms with Crippen LogP contribution < -0.4 is 0 Å². The lowest BCUT2D eigenvalue weighted by Gasteiger charge is -2.20. The third-order valence-corrected chi connectivity index (χ3v) is 2.54. The Labute approximate surface area is 91.4 Å². The quantitative estimate of drug-likeness (QED) is 0.729. The Morgan fingerprint density at radius 3 is 3.00 bits per heavy atom. The molecule has 0 aliphatic heterocycles. The Morgan fingerprint density at radius 2 is 2.40 bits per heavy atom. The molecule has 1 unspecified atom stereocenters. The first-order chi connectivity index (χ1) is 7.10. The number of allylic oxidation sites excluding steroid dienone is 1. The molecular formula is C12H20N2O. The van der Waals surface area contributed by atoms with E-state index in [1.165, 1.54) is 0 Å². The first-order valence-electron chi connectivity index (χ1n) is 5.46. The Kier molecular flexibility index (Phi) is 4.09. The lowest BCUT2D eigenvalue weighted by Crippen LogP contribution is -2.20. The Balaban J connectivity index is 2.70. The topological polar surface area (TPSA) is 38.1 Å². The van der Waals surface area contributed by atoms with E-state index in [1.807, 2.05) is 23.9 Å². The van der Waals surface area contributed by atoms with Gasteiger partial charge in [-0.25, -0.2) is 0 Å². The van der Waals surface area contributed by atoms with Crippen molar-refractivity contribution < 1.29 is 5.11 Å². The summed E-state index contributed by atoms with van der Waals surface area (Å²) in [5.74, 6) is 0. The standard InChI is InChI=1S/C12H20N2O/c1-4-6-7-12(3,15)11-9-13-14(10-11)8-5-2/h4,9-10,15H,1,5-8H2,2-3H3. The zero-order valence-electron chi connectivity index (χ0n) is 9.61. The largest absolute Gasteiger partial charge is 0.385 e. The molecule has 15 heavy (non-hydrogen) atoms. The van der Waals surface area contributed by atoms with Crippen LogP contribution in [-0.2, 0) is 12.1 Å². The number of aromatic nitrogens is 2. The Morgan fingerprint density at radius 1 is 1.67 bits per heavy atom.